The van der Waals surface area contributed by atoms with E-state index in [0.717, 1.165) is 41.2 Å². The molecule has 0 aliphatic heterocycles. The lowest BCUT2D eigenvalue weighted by Crippen LogP contribution is -2.51. The minimum absolute atomic E-state index is 0.0474. The van der Waals surface area contributed by atoms with Crippen molar-refractivity contribution in [1.82, 2.24) is 4.31 Å². The Balaban J connectivity index is 2.51. The van der Waals surface area contributed by atoms with E-state index in [-0.39, 0.29) is 23.6 Å². The molecule has 0 aromatic heterocycles. The second kappa shape index (κ2) is 11.3. The van der Waals surface area contributed by atoms with Gasteiger partial charge in [-0.3, -0.25) is 14.9 Å². The molecule has 0 heterocycles. The minimum Gasteiger partial charge on any atom is -0.468 e. The van der Waals surface area contributed by atoms with Gasteiger partial charge in [-0.25, -0.2) is 8.42 Å². The molecule has 0 saturated carbocycles. The lowest BCUT2D eigenvalue weighted by Gasteiger charge is -2.33. The number of carbonyl (C=O) groups excluding carboxylic acids is 1. The summed E-state index contributed by atoms with van der Waals surface area (Å²) in [5.41, 5.74) is 0.511. The smallest absolute Gasteiger partial charge is 0.324 e. The van der Waals surface area contributed by atoms with Crippen molar-refractivity contribution in [2.75, 3.05) is 7.11 Å². The van der Waals surface area contributed by atoms with Crippen LogP contribution in [0.3, 0.4) is 0 Å². The summed E-state index contributed by atoms with van der Waals surface area (Å²) in [4.78, 5) is 22.5. The predicted molar refractivity (Wildman–Crippen MR) is 118 cm³/mol. The Morgan fingerprint density at radius 3 is 2.28 bits per heavy atom. The van der Waals surface area contributed by atoms with Crippen LogP contribution < -0.4 is 0 Å². The molecule has 0 aliphatic rings. The van der Waals surface area contributed by atoms with Crippen molar-refractivity contribution in [2.45, 2.75) is 30.2 Å². The summed E-state index contributed by atoms with van der Waals surface area (Å²) in [5, 5.41) is 10.9. The average Bonchev–Trinajstić information content (AvgIpc) is 2.80. The number of nitro groups is 1. The number of benzene rings is 2. The van der Waals surface area contributed by atoms with E-state index in [1.807, 2.05) is 18.2 Å². The van der Waals surface area contributed by atoms with Gasteiger partial charge in [0.2, 0.25) is 10.0 Å². The highest BCUT2D eigenvalue weighted by atomic mass is 32.2. The number of esters is 1. The molecule has 1 unspecified atom stereocenters. The molecule has 0 radical (unpaired) electrons. The van der Waals surface area contributed by atoms with Crippen molar-refractivity contribution in [3.05, 3.63) is 95.6 Å². The number of rotatable bonds is 12. The Hall–Kier alpha value is -3.34. The monoisotopic (exact) mass is 460 g/mol. The first-order chi connectivity index (χ1) is 15.3. The number of hydrogen-bond donors (Lipinski definition) is 0. The van der Waals surface area contributed by atoms with Gasteiger partial charge in [-0.1, -0.05) is 43.0 Å². The van der Waals surface area contributed by atoms with Gasteiger partial charge in [-0.05, 0) is 30.2 Å². The van der Waals surface area contributed by atoms with Crippen LogP contribution in [0.4, 0.5) is 5.69 Å². The molecule has 2 atom stereocenters. The van der Waals surface area contributed by atoms with Crippen LogP contribution in [-0.4, -0.2) is 43.0 Å². The van der Waals surface area contributed by atoms with Gasteiger partial charge in [-0.15, -0.1) is 6.58 Å². The maximum atomic E-state index is 13.5. The highest BCUT2D eigenvalue weighted by Gasteiger charge is 2.40. The third-order valence-corrected chi connectivity index (χ3v) is 6.39. The fourth-order valence-electron chi connectivity index (χ4n) is 2.94. The zero-order valence-electron chi connectivity index (χ0n) is 17.5. The van der Waals surface area contributed by atoms with Crippen molar-refractivity contribution in [3.8, 4) is 0 Å². The molecule has 0 N–H and O–H groups in total. The van der Waals surface area contributed by atoms with Gasteiger partial charge in [-0.2, -0.15) is 4.31 Å². The van der Waals surface area contributed by atoms with Crippen molar-refractivity contribution in [1.29, 1.82) is 0 Å². The molecule has 0 bridgehead atoms. The number of nitrogens with zero attached hydrogens (tertiary/aromatic N) is 2. The van der Waals surface area contributed by atoms with Gasteiger partial charge < -0.3 is 9.47 Å². The number of sulfonamides is 1. The summed E-state index contributed by atoms with van der Waals surface area (Å²) in [5.74, 6) is -0.814. The minimum atomic E-state index is -4.37. The quantitative estimate of drug-likeness (QED) is 0.157. The summed E-state index contributed by atoms with van der Waals surface area (Å²) in [6, 6.07) is 12.1. The predicted octanol–water partition coefficient (Wildman–Crippen LogP) is 3.43. The van der Waals surface area contributed by atoms with E-state index < -0.39 is 33.2 Å². The van der Waals surface area contributed by atoms with Gasteiger partial charge in [0, 0.05) is 12.1 Å². The maximum Gasteiger partial charge on any atom is 0.324 e. The van der Waals surface area contributed by atoms with Crippen molar-refractivity contribution in [2.24, 2.45) is 0 Å². The Morgan fingerprint density at radius 1 is 1.16 bits per heavy atom. The molecular weight excluding hydrogens is 436 g/mol. The largest absolute Gasteiger partial charge is 0.468 e. The number of nitro benzene ring substituents is 1. The van der Waals surface area contributed by atoms with Crippen LogP contribution in [0, 0.1) is 10.1 Å². The summed E-state index contributed by atoms with van der Waals surface area (Å²) in [7, 11) is -3.23. The summed E-state index contributed by atoms with van der Waals surface area (Å²) >= 11 is 0. The van der Waals surface area contributed by atoms with Crippen LogP contribution in [0.1, 0.15) is 12.0 Å². The van der Waals surface area contributed by atoms with Gasteiger partial charge in [0.15, 0.2) is 0 Å². The van der Waals surface area contributed by atoms with Crippen LogP contribution in [0.25, 0.3) is 0 Å². The van der Waals surface area contributed by atoms with Crippen molar-refractivity contribution < 1.29 is 27.6 Å². The lowest BCUT2D eigenvalue weighted by molar-refractivity contribution is -0.384. The van der Waals surface area contributed by atoms with Crippen LogP contribution in [0.15, 0.2) is 84.8 Å². The third kappa shape index (κ3) is 5.88. The van der Waals surface area contributed by atoms with Crippen LogP contribution in [-0.2, 0) is 30.9 Å². The molecule has 2 aromatic carbocycles. The lowest BCUT2D eigenvalue weighted by atomic mass is 10.2. The Kier molecular flexibility index (Phi) is 8.82. The molecule has 10 heteroatoms. The Bertz CT molecular complexity index is 1050. The SMILES string of the molecule is C=CC[C@@H](C(=O)OC)N(C(C=C)OCc1ccccc1)S(=O)(=O)c1ccc([N+](=O)[O-])cc1. The van der Waals surface area contributed by atoms with Gasteiger partial charge >= 0.3 is 5.97 Å². The Morgan fingerprint density at radius 2 is 1.78 bits per heavy atom. The molecule has 0 saturated heterocycles. The molecule has 170 valence electrons. The first-order valence-corrected chi connectivity index (χ1v) is 10.9. The van der Waals surface area contributed by atoms with E-state index in [2.05, 4.69) is 13.2 Å². The Labute approximate surface area is 186 Å². The topological polar surface area (TPSA) is 116 Å². The zero-order chi connectivity index (χ0) is 23.7. The molecule has 2 rings (SSSR count). The standard InChI is InChI=1S/C22H24N2O7S/c1-4-9-20(22(25)30-3)23(21(5-2)31-16-17-10-7-6-8-11-17)32(28,29)19-14-12-18(13-15-19)24(26)27/h4-8,10-15,20-21H,1-2,9,16H2,3H3/t20-,21?/m0/s1. The summed E-state index contributed by atoms with van der Waals surface area (Å²) < 4.78 is 38.6. The molecule has 0 aliphatic carbocycles. The van der Waals surface area contributed by atoms with Gasteiger partial charge in [0.25, 0.3) is 5.69 Å². The fraction of sp³-hybridized carbons (Fsp3) is 0.227. The average molecular weight is 461 g/mol. The number of methoxy groups -OCH3 is 1. The third-order valence-electron chi connectivity index (χ3n) is 4.51. The molecule has 0 spiro atoms. The first kappa shape index (κ1) is 24.9. The highest BCUT2D eigenvalue weighted by molar-refractivity contribution is 7.89. The van der Waals surface area contributed by atoms with E-state index in [1.165, 1.54) is 12.2 Å². The second-order valence-corrected chi connectivity index (χ2v) is 8.42. The fourth-order valence-corrected chi connectivity index (χ4v) is 4.59. The van der Waals surface area contributed by atoms with Gasteiger partial charge in [0.05, 0.1) is 23.5 Å². The highest BCUT2D eigenvalue weighted by Crippen LogP contribution is 2.27. The molecule has 0 amide bonds. The molecule has 9 nitrogen and oxygen atoms in total. The van der Waals surface area contributed by atoms with Gasteiger partial charge in [0.1, 0.15) is 12.3 Å². The number of non-ortho nitro benzene ring substituents is 1. The van der Waals surface area contributed by atoms with E-state index in [0.29, 0.717) is 0 Å². The van der Waals surface area contributed by atoms with Crippen LogP contribution in [0.2, 0.25) is 0 Å². The number of hydrogen-bond acceptors (Lipinski definition) is 7. The molecule has 2 aromatic rings. The first-order valence-electron chi connectivity index (χ1n) is 9.51. The second-order valence-electron chi connectivity index (χ2n) is 6.57. The summed E-state index contributed by atoms with van der Waals surface area (Å²) in [6.45, 7) is 7.31. The van der Waals surface area contributed by atoms with E-state index in [1.54, 1.807) is 12.1 Å². The number of ether oxygens (including phenoxy) is 2. The maximum absolute atomic E-state index is 13.5. The zero-order valence-corrected chi connectivity index (χ0v) is 18.3. The van der Waals surface area contributed by atoms with Crippen LogP contribution in [0.5, 0.6) is 0 Å². The summed E-state index contributed by atoms with van der Waals surface area (Å²) in [6.07, 6.45) is 1.35. The van der Waals surface area contributed by atoms with Crippen LogP contribution >= 0.6 is 0 Å². The molecule has 0 fully saturated rings. The van der Waals surface area contributed by atoms with E-state index >= 15 is 0 Å². The van der Waals surface area contributed by atoms with Crippen molar-refractivity contribution in [3.63, 3.8) is 0 Å². The van der Waals surface area contributed by atoms with E-state index in [4.69, 9.17) is 9.47 Å². The molecular formula is C22H24N2O7S. The van der Waals surface area contributed by atoms with E-state index in [9.17, 15) is 23.3 Å². The molecule has 32 heavy (non-hydrogen) atoms. The normalized spacial score (nSPS) is 13.2. The number of carbonyl (C=O) groups is 1. The van der Waals surface area contributed by atoms with Crippen molar-refractivity contribution >= 4 is 21.7 Å².